The van der Waals surface area contributed by atoms with Crippen LogP contribution in [0.25, 0.3) is 0 Å². The maximum atomic E-state index is 5.93. The molecule has 0 saturated carbocycles. The third kappa shape index (κ3) is 4.59. The van der Waals surface area contributed by atoms with Crippen molar-refractivity contribution in [1.82, 2.24) is 9.78 Å². The summed E-state index contributed by atoms with van der Waals surface area (Å²) in [5, 5.41) is 12.2. The number of aromatic nitrogens is 2. The fourth-order valence-electron chi connectivity index (χ4n) is 2.48. The van der Waals surface area contributed by atoms with E-state index in [2.05, 4.69) is 15.7 Å². The highest BCUT2D eigenvalue weighted by Crippen LogP contribution is 2.16. The van der Waals surface area contributed by atoms with Gasteiger partial charge in [-0.1, -0.05) is 41.9 Å². The van der Waals surface area contributed by atoms with Gasteiger partial charge < -0.3 is 10.6 Å². The SMILES string of the molecule is Cc1ccccc1NC(=S)Nc1cc(C)n(Cc2ccc(Cl)cc2)n1. The molecule has 128 valence electrons. The van der Waals surface area contributed by atoms with Crippen LogP contribution in [0.15, 0.2) is 54.6 Å². The number of aryl methyl sites for hydroxylation is 2. The maximum Gasteiger partial charge on any atom is 0.176 e. The van der Waals surface area contributed by atoms with Gasteiger partial charge in [-0.05, 0) is 55.4 Å². The lowest BCUT2D eigenvalue weighted by Crippen LogP contribution is -2.20. The Bertz CT molecular complexity index is 887. The minimum absolute atomic E-state index is 0.519. The van der Waals surface area contributed by atoms with E-state index in [1.807, 2.05) is 73.1 Å². The van der Waals surface area contributed by atoms with E-state index in [1.165, 1.54) is 0 Å². The van der Waals surface area contributed by atoms with Gasteiger partial charge in [0.05, 0.1) is 6.54 Å². The molecule has 0 aliphatic rings. The van der Waals surface area contributed by atoms with E-state index < -0.39 is 0 Å². The molecule has 0 atom stereocenters. The molecule has 1 aromatic heterocycles. The monoisotopic (exact) mass is 370 g/mol. The van der Waals surface area contributed by atoms with Gasteiger partial charge in [-0.2, -0.15) is 5.10 Å². The summed E-state index contributed by atoms with van der Waals surface area (Å²) in [5.74, 6) is 0.720. The summed E-state index contributed by atoms with van der Waals surface area (Å²) < 4.78 is 1.93. The Balaban J connectivity index is 1.66. The Hall–Kier alpha value is -2.37. The van der Waals surface area contributed by atoms with Gasteiger partial charge in [-0.15, -0.1) is 0 Å². The summed E-state index contributed by atoms with van der Waals surface area (Å²) in [6.45, 7) is 4.74. The van der Waals surface area contributed by atoms with Crippen molar-refractivity contribution in [3.05, 3.63) is 76.4 Å². The number of para-hydroxylation sites is 1. The van der Waals surface area contributed by atoms with Crippen LogP contribution in [0.5, 0.6) is 0 Å². The zero-order chi connectivity index (χ0) is 17.8. The molecule has 2 N–H and O–H groups in total. The zero-order valence-corrected chi connectivity index (χ0v) is 15.7. The molecule has 3 rings (SSSR count). The lowest BCUT2D eigenvalue weighted by Gasteiger charge is -2.10. The summed E-state index contributed by atoms with van der Waals surface area (Å²) in [7, 11) is 0. The lowest BCUT2D eigenvalue weighted by atomic mass is 10.2. The highest BCUT2D eigenvalue weighted by Gasteiger charge is 2.07. The minimum Gasteiger partial charge on any atom is -0.332 e. The molecule has 25 heavy (non-hydrogen) atoms. The predicted molar refractivity (Wildman–Crippen MR) is 109 cm³/mol. The maximum absolute atomic E-state index is 5.93. The molecule has 0 aliphatic carbocycles. The van der Waals surface area contributed by atoms with Crippen LogP contribution < -0.4 is 10.6 Å². The van der Waals surface area contributed by atoms with E-state index in [-0.39, 0.29) is 0 Å². The first-order valence-corrected chi connectivity index (χ1v) is 8.72. The minimum atomic E-state index is 0.519. The number of nitrogens with one attached hydrogen (secondary N) is 2. The Morgan fingerprint density at radius 2 is 1.80 bits per heavy atom. The largest absolute Gasteiger partial charge is 0.332 e. The highest BCUT2D eigenvalue weighted by atomic mass is 35.5. The number of nitrogens with zero attached hydrogens (tertiary/aromatic N) is 2. The first-order valence-electron chi connectivity index (χ1n) is 7.94. The number of hydrogen-bond donors (Lipinski definition) is 2. The van der Waals surface area contributed by atoms with E-state index in [0.29, 0.717) is 11.7 Å². The van der Waals surface area contributed by atoms with Gasteiger partial charge in [0.2, 0.25) is 0 Å². The van der Waals surface area contributed by atoms with Gasteiger partial charge in [0.25, 0.3) is 0 Å². The molecular formula is C19H19ClN4S. The van der Waals surface area contributed by atoms with E-state index in [1.54, 1.807) is 0 Å². The van der Waals surface area contributed by atoms with Crippen LogP contribution in [0.4, 0.5) is 11.5 Å². The molecule has 0 bridgehead atoms. The number of rotatable bonds is 4. The molecule has 0 amide bonds. The molecule has 6 heteroatoms. The quantitative estimate of drug-likeness (QED) is 0.633. The van der Waals surface area contributed by atoms with E-state index in [4.69, 9.17) is 23.8 Å². The van der Waals surface area contributed by atoms with Crippen molar-refractivity contribution in [2.45, 2.75) is 20.4 Å². The average molecular weight is 371 g/mol. The van der Waals surface area contributed by atoms with E-state index >= 15 is 0 Å². The fraction of sp³-hybridized carbons (Fsp3) is 0.158. The van der Waals surface area contributed by atoms with Crippen LogP contribution in [-0.4, -0.2) is 14.9 Å². The molecule has 0 unspecified atom stereocenters. The lowest BCUT2D eigenvalue weighted by molar-refractivity contribution is 0.668. The predicted octanol–water partition coefficient (Wildman–Crippen LogP) is 5.01. The molecule has 0 saturated heterocycles. The Morgan fingerprint density at radius 3 is 2.52 bits per heavy atom. The molecular weight excluding hydrogens is 352 g/mol. The van der Waals surface area contributed by atoms with E-state index in [0.717, 1.165) is 33.3 Å². The second-order valence-corrected chi connectivity index (χ2v) is 6.69. The number of anilines is 2. The Labute approximate surface area is 157 Å². The summed E-state index contributed by atoms with van der Waals surface area (Å²) in [4.78, 5) is 0. The van der Waals surface area contributed by atoms with Crippen molar-refractivity contribution in [3.63, 3.8) is 0 Å². The zero-order valence-electron chi connectivity index (χ0n) is 14.1. The van der Waals surface area contributed by atoms with Crippen molar-refractivity contribution in [1.29, 1.82) is 0 Å². The van der Waals surface area contributed by atoms with Gasteiger partial charge in [-0.25, -0.2) is 0 Å². The van der Waals surface area contributed by atoms with Crippen molar-refractivity contribution < 1.29 is 0 Å². The van der Waals surface area contributed by atoms with Crippen LogP contribution in [0.3, 0.4) is 0 Å². The smallest absolute Gasteiger partial charge is 0.176 e. The van der Waals surface area contributed by atoms with Gasteiger partial charge in [0.15, 0.2) is 10.9 Å². The number of thiocarbonyl (C=S) groups is 1. The van der Waals surface area contributed by atoms with Gasteiger partial charge in [0.1, 0.15) is 0 Å². The van der Waals surface area contributed by atoms with Crippen molar-refractivity contribution in [2.24, 2.45) is 0 Å². The van der Waals surface area contributed by atoms with Crippen LogP contribution in [0, 0.1) is 13.8 Å². The number of benzene rings is 2. The van der Waals surface area contributed by atoms with Crippen molar-refractivity contribution in [2.75, 3.05) is 10.6 Å². The summed E-state index contributed by atoms with van der Waals surface area (Å²) in [6.07, 6.45) is 0. The second-order valence-electron chi connectivity index (χ2n) is 5.85. The second kappa shape index (κ2) is 7.68. The van der Waals surface area contributed by atoms with Crippen LogP contribution in [0.2, 0.25) is 5.02 Å². The Kier molecular flexibility index (Phi) is 5.36. The van der Waals surface area contributed by atoms with Crippen molar-refractivity contribution in [3.8, 4) is 0 Å². The molecule has 0 fully saturated rings. The van der Waals surface area contributed by atoms with Gasteiger partial charge in [-0.3, -0.25) is 4.68 Å². The molecule has 0 spiro atoms. The van der Waals surface area contributed by atoms with Crippen LogP contribution in [-0.2, 0) is 6.54 Å². The molecule has 4 nitrogen and oxygen atoms in total. The normalized spacial score (nSPS) is 10.5. The Morgan fingerprint density at radius 1 is 1.08 bits per heavy atom. The molecule has 3 aromatic rings. The van der Waals surface area contributed by atoms with Crippen molar-refractivity contribution >= 4 is 40.4 Å². The molecule has 0 radical (unpaired) electrons. The average Bonchev–Trinajstić information content (AvgIpc) is 2.91. The molecule has 1 heterocycles. The van der Waals surface area contributed by atoms with Crippen LogP contribution in [0.1, 0.15) is 16.8 Å². The number of halogens is 1. The summed E-state index contributed by atoms with van der Waals surface area (Å²) in [6, 6.07) is 17.8. The van der Waals surface area contributed by atoms with Gasteiger partial charge in [0, 0.05) is 22.5 Å². The summed E-state index contributed by atoms with van der Waals surface area (Å²) in [5.41, 5.74) is 4.31. The standard InChI is InChI=1S/C19H19ClN4S/c1-13-5-3-4-6-17(13)21-19(25)22-18-11-14(2)24(23-18)12-15-7-9-16(20)10-8-15/h3-11H,12H2,1-2H3,(H2,21,22,23,25). The van der Waals surface area contributed by atoms with Crippen LogP contribution >= 0.6 is 23.8 Å². The topological polar surface area (TPSA) is 41.9 Å². The fourth-order valence-corrected chi connectivity index (χ4v) is 2.82. The number of hydrogen-bond acceptors (Lipinski definition) is 2. The summed E-state index contributed by atoms with van der Waals surface area (Å²) >= 11 is 11.3. The third-order valence-corrected chi connectivity index (χ3v) is 4.32. The third-order valence-electron chi connectivity index (χ3n) is 3.86. The van der Waals surface area contributed by atoms with E-state index in [9.17, 15) is 0 Å². The highest BCUT2D eigenvalue weighted by molar-refractivity contribution is 7.80. The molecule has 0 aliphatic heterocycles. The molecule has 2 aromatic carbocycles. The van der Waals surface area contributed by atoms with Gasteiger partial charge >= 0.3 is 0 Å². The first-order chi connectivity index (χ1) is 12.0. The first kappa shape index (κ1) is 17.5.